The monoisotopic (exact) mass is 356 g/mol. The molecule has 138 valence electrons. The first-order valence-electron chi connectivity index (χ1n) is 8.23. The lowest BCUT2D eigenvalue weighted by Crippen LogP contribution is -2.37. The number of amides is 2. The molecular formula is C20H24N2O4. The predicted octanol–water partition coefficient (Wildman–Crippen LogP) is 3.31. The molecule has 26 heavy (non-hydrogen) atoms. The average molecular weight is 356 g/mol. The molecule has 0 unspecified atom stereocenters. The van der Waals surface area contributed by atoms with E-state index in [1.54, 1.807) is 19.2 Å². The van der Waals surface area contributed by atoms with Gasteiger partial charge >= 0.3 is 0 Å². The molecule has 6 heteroatoms. The summed E-state index contributed by atoms with van der Waals surface area (Å²) in [4.78, 5) is 26.1. The highest BCUT2D eigenvalue weighted by atomic mass is 16.5. The molecule has 0 atom stereocenters. The van der Waals surface area contributed by atoms with Crippen molar-refractivity contribution in [3.63, 3.8) is 0 Å². The maximum atomic E-state index is 12.6. The van der Waals surface area contributed by atoms with Crippen molar-refractivity contribution in [3.05, 3.63) is 47.5 Å². The van der Waals surface area contributed by atoms with E-state index in [0.717, 1.165) is 11.1 Å². The van der Waals surface area contributed by atoms with Crippen LogP contribution in [-0.2, 0) is 9.59 Å². The maximum absolute atomic E-state index is 12.6. The van der Waals surface area contributed by atoms with Crippen molar-refractivity contribution in [1.29, 1.82) is 0 Å². The fourth-order valence-electron chi connectivity index (χ4n) is 2.63. The van der Waals surface area contributed by atoms with Crippen LogP contribution in [0.5, 0.6) is 11.5 Å². The fourth-order valence-corrected chi connectivity index (χ4v) is 2.63. The second-order valence-corrected chi connectivity index (χ2v) is 6.03. The minimum atomic E-state index is -0.326. The van der Waals surface area contributed by atoms with Crippen LogP contribution >= 0.6 is 0 Å². The SMILES string of the molecule is COc1ccc(C)cc1NC(=O)CN(C(C)=O)c1cc(C)ccc1OC. The van der Waals surface area contributed by atoms with Gasteiger partial charge in [-0.1, -0.05) is 12.1 Å². The van der Waals surface area contributed by atoms with E-state index in [0.29, 0.717) is 22.9 Å². The summed E-state index contributed by atoms with van der Waals surface area (Å²) in [5.74, 6) is 0.520. The van der Waals surface area contributed by atoms with Crippen LogP contribution in [0, 0.1) is 13.8 Å². The number of nitrogens with zero attached hydrogens (tertiary/aromatic N) is 1. The number of methoxy groups -OCH3 is 2. The summed E-state index contributed by atoms with van der Waals surface area (Å²) in [6.07, 6.45) is 0. The first kappa shape index (κ1) is 19.3. The third kappa shape index (κ3) is 4.53. The molecule has 2 amide bonds. The number of hydrogen-bond donors (Lipinski definition) is 1. The molecule has 0 radical (unpaired) electrons. The zero-order valence-corrected chi connectivity index (χ0v) is 15.8. The molecule has 0 aliphatic heterocycles. The van der Waals surface area contributed by atoms with Crippen LogP contribution in [0.15, 0.2) is 36.4 Å². The van der Waals surface area contributed by atoms with E-state index in [-0.39, 0.29) is 18.4 Å². The first-order valence-corrected chi connectivity index (χ1v) is 8.23. The Morgan fingerprint density at radius 2 is 1.54 bits per heavy atom. The maximum Gasteiger partial charge on any atom is 0.244 e. The van der Waals surface area contributed by atoms with Crippen LogP contribution in [0.25, 0.3) is 0 Å². The highest BCUT2D eigenvalue weighted by Gasteiger charge is 2.20. The molecule has 0 saturated heterocycles. The first-order chi connectivity index (χ1) is 12.3. The molecule has 2 aromatic rings. The second kappa shape index (κ2) is 8.38. The molecule has 1 N–H and O–H groups in total. The zero-order valence-electron chi connectivity index (χ0n) is 15.8. The summed E-state index contributed by atoms with van der Waals surface area (Å²) in [6.45, 7) is 5.13. The Morgan fingerprint density at radius 3 is 2.12 bits per heavy atom. The molecule has 2 rings (SSSR count). The third-order valence-electron chi connectivity index (χ3n) is 3.94. The van der Waals surface area contributed by atoms with Gasteiger partial charge in [-0.2, -0.15) is 0 Å². The number of rotatable bonds is 6. The number of anilines is 2. The van der Waals surface area contributed by atoms with E-state index in [1.807, 2.05) is 38.1 Å². The highest BCUT2D eigenvalue weighted by Crippen LogP contribution is 2.30. The molecular weight excluding hydrogens is 332 g/mol. The van der Waals surface area contributed by atoms with Crippen molar-refractivity contribution in [1.82, 2.24) is 0 Å². The number of nitrogens with one attached hydrogen (secondary N) is 1. The number of ether oxygens (including phenoxy) is 2. The van der Waals surface area contributed by atoms with Crippen molar-refractivity contribution in [2.24, 2.45) is 0 Å². The van der Waals surface area contributed by atoms with Crippen LogP contribution in [0.2, 0.25) is 0 Å². The van der Waals surface area contributed by atoms with Crippen molar-refractivity contribution in [2.45, 2.75) is 20.8 Å². The minimum absolute atomic E-state index is 0.133. The molecule has 2 aromatic carbocycles. The van der Waals surface area contributed by atoms with Gasteiger partial charge in [-0.15, -0.1) is 0 Å². The molecule has 0 heterocycles. The molecule has 0 aromatic heterocycles. The molecule has 0 spiro atoms. The summed E-state index contributed by atoms with van der Waals surface area (Å²) >= 11 is 0. The Kier molecular flexibility index (Phi) is 6.22. The largest absolute Gasteiger partial charge is 0.495 e. The van der Waals surface area contributed by atoms with Crippen LogP contribution < -0.4 is 19.7 Å². The van der Waals surface area contributed by atoms with E-state index < -0.39 is 0 Å². The van der Waals surface area contributed by atoms with Gasteiger partial charge in [0.15, 0.2) is 0 Å². The lowest BCUT2D eigenvalue weighted by molar-refractivity contribution is -0.120. The van der Waals surface area contributed by atoms with E-state index in [9.17, 15) is 9.59 Å². The van der Waals surface area contributed by atoms with Crippen molar-refractivity contribution in [3.8, 4) is 11.5 Å². The number of hydrogen-bond acceptors (Lipinski definition) is 4. The lowest BCUT2D eigenvalue weighted by atomic mass is 10.2. The number of carbonyl (C=O) groups is 2. The van der Waals surface area contributed by atoms with Crippen molar-refractivity contribution < 1.29 is 19.1 Å². The van der Waals surface area contributed by atoms with Gasteiger partial charge in [0.25, 0.3) is 0 Å². The zero-order chi connectivity index (χ0) is 19.3. The molecule has 6 nitrogen and oxygen atoms in total. The van der Waals surface area contributed by atoms with Crippen LogP contribution in [0.1, 0.15) is 18.1 Å². The highest BCUT2D eigenvalue weighted by molar-refractivity contribution is 6.03. The minimum Gasteiger partial charge on any atom is -0.495 e. The Balaban J connectivity index is 2.26. The van der Waals surface area contributed by atoms with Gasteiger partial charge in [-0.05, 0) is 49.2 Å². The van der Waals surface area contributed by atoms with Crippen LogP contribution in [0.3, 0.4) is 0 Å². The van der Waals surface area contributed by atoms with Gasteiger partial charge in [0, 0.05) is 6.92 Å². The normalized spacial score (nSPS) is 10.2. The standard InChI is InChI=1S/C20H24N2O4/c1-13-6-8-18(25-4)16(10-13)21-20(24)12-22(15(3)23)17-11-14(2)7-9-19(17)26-5/h6-11H,12H2,1-5H3,(H,21,24). The van der Waals surface area contributed by atoms with Crippen molar-refractivity contribution >= 4 is 23.2 Å². The van der Waals surface area contributed by atoms with E-state index in [1.165, 1.54) is 18.9 Å². The third-order valence-corrected chi connectivity index (χ3v) is 3.94. The summed E-state index contributed by atoms with van der Waals surface area (Å²) in [5.41, 5.74) is 3.08. The molecule has 0 fully saturated rings. The summed E-state index contributed by atoms with van der Waals surface area (Å²) < 4.78 is 10.6. The number of carbonyl (C=O) groups excluding carboxylic acids is 2. The van der Waals surface area contributed by atoms with Crippen LogP contribution in [0.4, 0.5) is 11.4 Å². The fraction of sp³-hybridized carbons (Fsp3) is 0.300. The van der Waals surface area contributed by atoms with Gasteiger partial charge < -0.3 is 14.8 Å². The summed E-state index contributed by atoms with van der Waals surface area (Å²) in [5, 5.41) is 2.81. The van der Waals surface area contributed by atoms with Crippen LogP contribution in [-0.4, -0.2) is 32.6 Å². The predicted molar refractivity (Wildman–Crippen MR) is 102 cm³/mol. The molecule has 0 aliphatic rings. The van der Waals surface area contributed by atoms with Gasteiger partial charge in [0.1, 0.15) is 18.0 Å². The van der Waals surface area contributed by atoms with E-state index in [2.05, 4.69) is 5.32 Å². The summed E-state index contributed by atoms with van der Waals surface area (Å²) in [7, 11) is 3.07. The quantitative estimate of drug-likeness (QED) is 0.862. The van der Waals surface area contributed by atoms with E-state index >= 15 is 0 Å². The topological polar surface area (TPSA) is 67.9 Å². The lowest BCUT2D eigenvalue weighted by Gasteiger charge is -2.23. The van der Waals surface area contributed by atoms with Gasteiger partial charge in [-0.3, -0.25) is 14.5 Å². The van der Waals surface area contributed by atoms with Gasteiger partial charge in [0.2, 0.25) is 11.8 Å². The molecule has 0 bridgehead atoms. The number of aryl methyl sites for hydroxylation is 2. The second-order valence-electron chi connectivity index (χ2n) is 6.03. The average Bonchev–Trinajstić information content (AvgIpc) is 2.59. The Labute approximate surface area is 153 Å². The smallest absolute Gasteiger partial charge is 0.244 e. The molecule has 0 saturated carbocycles. The Bertz CT molecular complexity index is 817. The number of benzene rings is 2. The Hall–Kier alpha value is -3.02. The van der Waals surface area contributed by atoms with Gasteiger partial charge in [0.05, 0.1) is 25.6 Å². The Morgan fingerprint density at radius 1 is 0.962 bits per heavy atom. The van der Waals surface area contributed by atoms with Crippen molar-refractivity contribution in [2.75, 3.05) is 31.0 Å². The van der Waals surface area contributed by atoms with Gasteiger partial charge in [-0.25, -0.2) is 0 Å². The van der Waals surface area contributed by atoms with E-state index in [4.69, 9.17) is 9.47 Å². The molecule has 0 aliphatic carbocycles. The summed E-state index contributed by atoms with van der Waals surface area (Å²) in [6, 6.07) is 11.0.